The minimum absolute atomic E-state index is 0.243. The highest BCUT2D eigenvalue weighted by Crippen LogP contribution is 2.36. The van der Waals surface area contributed by atoms with Crippen LogP contribution in [0.5, 0.6) is 0 Å². The van der Waals surface area contributed by atoms with Gasteiger partial charge in [-0.1, -0.05) is 17.7 Å². The van der Waals surface area contributed by atoms with E-state index >= 15 is 0 Å². The molecule has 0 saturated carbocycles. The van der Waals surface area contributed by atoms with Crippen molar-refractivity contribution in [3.05, 3.63) is 28.8 Å². The van der Waals surface area contributed by atoms with E-state index in [4.69, 9.17) is 11.6 Å². The summed E-state index contributed by atoms with van der Waals surface area (Å²) in [5.41, 5.74) is 1.40. The Labute approximate surface area is 115 Å². The highest BCUT2D eigenvalue weighted by Gasteiger charge is 2.53. The number of rotatable bonds is 1. The van der Waals surface area contributed by atoms with Gasteiger partial charge in [0.05, 0.1) is 17.6 Å². The third-order valence-electron chi connectivity index (χ3n) is 3.63. The lowest BCUT2D eigenvalue weighted by Gasteiger charge is -2.16. The van der Waals surface area contributed by atoms with E-state index in [2.05, 4.69) is 10.2 Å². The number of fused-ring (bicyclic) bond motifs is 1. The third-order valence-corrected chi connectivity index (χ3v) is 4.03. The van der Waals surface area contributed by atoms with Crippen molar-refractivity contribution < 1.29 is 9.59 Å². The van der Waals surface area contributed by atoms with Crippen LogP contribution in [0, 0.1) is 12.8 Å². The third kappa shape index (κ3) is 1.69. The zero-order valence-corrected chi connectivity index (χ0v) is 11.3. The predicted octanol–water partition coefficient (Wildman–Crippen LogP) is 2.36. The Kier molecular flexibility index (Phi) is 2.67. The van der Waals surface area contributed by atoms with E-state index in [9.17, 15) is 9.59 Å². The van der Waals surface area contributed by atoms with Gasteiger partial charge >= 0.3 is 0 Å². The summed E-state index contributed by atoms with van der Waals surface area (Å²) in [6, 6.07) is 4.24. The molecule has 3 atom stereocenters. The topological polar surface area (TPSA) is 62.1 Å². The molecule has 0 aliphatic carbocycles. The normalized spacial score (nSPS) is 29.2. The fourth-order valence-electron chi connectivity index (χ4n) is 2.49. The molecule has 1 saturated heterocycles. The number of carbonyl (C=O) groups is 2. The van der Waals surface area contributed by atoms with Crippen LogP contribution in [0.2, 0.25) is 5.02 Å². The average Bonchev–Trinajstić information content (AvgIpc) is 2.85. The minimum atomic E-state index is -0.664. The van der Waals surface area contributed by atoms with E-state index in [-0.39, 0.29) is 17.9 Å². The van der Waals surface area contributed by atoms with Crippen molar-refractivity contribution >= 4 is 29.1 Å². The van der Waals surface area contributed by atoms with Gasteiger partial charge < -0.3 is 0 Å². The van der Waals surface area contributed by atoms with E-state index in [1.54, 1.807) is 25.1 Å². The molecule has 0 spiro atoms. The second-order valence-electron chi connectivity index (χ2n) is 4.89. The smallest absolute Gasteiger partial charge is 0.261 e. The molecule has 3 rings (SSSR count). The summed E-state index contributed by atoms with van der Waals surface area (Å²) in [5, 5.41) is 8.35. The summed E-state index contributed by atoms with van der Waals surface area (Å²) in [7, 11) is 0. The number of azo groups is 1. The SMILES string of the molecule is Cc1ccc(N2C(=O)[C@H]3[C@H](N=N[C@@H]3C)C2=O)cc1Cl. The Balaban J connectivity index is 2.02. The van der Waals surface area contributed by atoms with Crippen molar-refractivity contribution in [3.63, 3.8) is 0 Å². The Morgan fingerprint density at radius 2 is 1.95 bits per heavy atom. The van der Waals surface area contributed by atoms with Crippen molar-refractivity contribution in [2.24, 2.45) is 16.1 Å². The van der Waals surface area contributed by atoms with Crippen LogP contribution in [-0.4, -0.2) is 23.9 Å². The van der Waals surface area contributed by atoms with E-state index in [1.807, 2.05) is 6.92 Å². The molecule has 98 valence electrons. The molecule has 1 aromatic carbocycles. The van der Waals surface area contributed by atoms with Crippen molar-refractivity contribution in [1.29, 1.82) is 0 Å². The van der Waals surface area contributed by atoms with Crippen molar-refractivity contribution in [2.45, 2.75) is 25.9 Å². The summed E-state index contributed by atoms with van der Waals surface area (Å²) in [4.78, 5) is 25.8. The Bertz CT molecular complexity index is 614. The fraction of sp³-hybridized carbons (Fsp3) is 0.385. The van der Waals surface area contributed by atoms with Gasteiger partial charge in [-0.2, -0.15) is 10.2 Å². The molecule has 0 bridgehead atoms. The van der Waals surface area contributed by atoms with Crippen LogP contribution in [-0.2, 0) is 9.59 Å². The van der Waals surface area contributed by atoms with Gasteiger partial charge in [-0.05, 0) is 31.5 Å². The maximum Gasteiger partial charge on any atom is 0.261 e. The van der Waals surface area contributed by atoms with Crippen LogP contribution >= 0.6 is 11.6 Å². The monoisotopic (exact) mass is 277 g/mol. The van der Waals surface area contributed by atoms with Crippen LogP contribution in [0.3, 0.4) is 0 Å². The second-order valence-corrected chi connectivity index (χ2v) is 5.29. The molecule has 2 aliphatic rings. The number of benzene rings is 1. The quantitative estimate of drug-likeness (QED) is 0.740. The molecular weight excluding hydrogens is 266 g/mol. The van der Waals surface area contributed by atoms with Gasteiger partial charge in [0.2, 0.25) is 5.91 Å². The first-order valence-electron chi connectivity index (χ1n) is 6.04. The van der Waals surface area contributed by atoms with Crippen LogP contribution in [0.15, 0.2) is 28.4 Å². The van der Waals surface area contributed by atoms with Gasteiger partial charge in [-0.3, -0.25) is 9.59 Å². The van der Waals surface area contributed by atoms with E-state index in [0.717, 1.165) is 5.56 Å². The molecular formula is C13H12ClN3O2. The zero-order valence-electron chi connectivity index (χ0n) is 10.5. The molecule has 0 N–H and O–H groups in total. The van der Waals surface area contributed by atoms with Gasteiger partial charge in [0.25, 0.3) is 5.91 Å². The van der Waals surface area contributed by atoms with Crippen molar-refractivity contribution in [2.75, 3.05) is 4.90 Å². The lowest BCUT2D eigenvalue weighted by atomic mass is 9.98. The second kappa shape index (κ2) is 4.13. The van der Waals surface area contributed by atoms with Crippen molar-refractivity contribution in [1.82, 2.24) is 0 Å². The van der Waals surface area contributed by atoms with Crippen LogP contribution in [0.4, 0.5) is 5.69 Å². The van der Waals surface area contributed by atoms with E-state index < -0.39 is 12.0 Å². The molecule has 2 aliphatic heterocycles. The van der Waals surface area contributed by atoms with Crippen LogP contribution < -0.4 is 4.90 Å². The largest absolute Gasteiger partial charge is 0.274 e. The van der Waals surface area contributed by atoms with Gasteiger partial charge in [-0.15, -0.1) is 0 Å². The molecule has 0 radical (unpaired) electrons. The number of aryl methyl sites for hydroxylation is 1. The number of hydrogen-bond acceptors (Lipinski definition) is 4. The number of amides is 2. The molecule has 5 nitrogen and oxygen atoms in total. The maximum atomic E-state index is 12.3. The summed E-state index contributed by atoms with van der Waals surface area (Å²) in [5.74, 6) is -1.02. The molecule has 0 aromatic heterocycles. The molecule has 1 fully saturated rings. The molecule has 6 heteroatoms. The molecule has 2 heterocycles. The summed E-state index contributed by atoms with van der Waals surface area (Å²) >= 11 is 6.05. The number of halogens is 1. The highest BCUT2D eigenvalue weighted by molar-refractivity contribution is 6.32. The van der Waals surface area contributed by atoms with Crippen LogP contribution in [0.25, 0.3) is 0 Å². The average molecular weight is 278 g/mol. The van der Waals surface area contributed by atoms with Gasteiger partial charge in [-0.25, -0.2) is 4.90 Å². The number of carbonyl (C=O) groups excluding carboxylic acids is 2. The number of hydrogen-bond donors (Lipinski definition) is 0. The minimum Gasteiger partial charge on any atom is -0.274 e. The Hall–Kier alpha value is -1.75. The Morgan fingerprint density at radius 1 is 1.21 bits per heavy atom. The fourth-order valence-corrected chi connectivity index (χ4v) is 2.67. The first-order chi connectivity index (χ1) is 9.00. The van der Waals surface area contributed by atoms with E-state index in [0.29, 0.717) is 10.7 Å². The first kappa shape index (κ1) is 12.3. The van der Waals surface area contributed by atoms with Gasteiger partial charge in [0, 0.05) is 5.02 Å². The highest BCUT2D eigenvalue weighted by atomic mass is 35.5. The Morgan fingerprint density at radius 3 is 2.58 bits per heavy atom. The first-order valence-corrected chi connectivity index (χ1v) is 6.42. The molecule has 19 heavy (non-hydrogen) atoms. The molecule has 1 aromatic rings. The molecule has 2 amide bonds. The standard InChI is InChI=1S/C13H12ClN3O2/c1-6-3-4-8(5-9(6)14)17-12(18)10-7(2)15-16-11(10)13(17)19/h3-5,7,10-11H,1-2H3/t7-,10-,11+/m1/s1. The summed E-state index contributed by atoms with van der Waals surface area (Å²) in [6.07, 6.45) is 0. The van der Waals surface area contributed by atoms with Crippen molar-refractivity contribution in [3.8, 4) is 0 Å². The predicted molar refractivity (Wildman–Crippen MR) is 70.3 cm³/mol. The maximum absolute atomic E-state index is 12.3. The molecule has 0 unspecified atom stereocenters. The van der Waals surface area contributed by atoms with Gasteiger partial charge in [0.1, 0.15) is 0 Å². The van der Waals surface area contributed by atoms with Crippen LogP contribution in [0.1, 0.15) is 12.5 Å². The van der Waals surface area contributed by atoms with E-state index in [1.165, 1.54) is 4.90 Å². The number of anilines is 1. The lowest BCUT2D eigenvalue weighted by Crippen LogP contribution is -2.32. The number of nitrogens with zero attached hydrogens (tertiary/aromatic N) is 3. The lowest BCUT2D eigenvalue weighted by molar-refractivity contribution is -0.122. The zero-order chi connectivity index (χ0) is 13.7. The summed E-state index contributed by atoms with van der Waals surface area (Å²) in [6.45, 7) is 3.66. The van der Waals surface area contributed by atoms with Gasteiger partial charge in [0.15, 0.2) is 6.04 Å². The number of imide groups is 1. The summed E-state index contributed by atoms with van der Waals surface area (Å²) < 4.78 is 0.